The first-order chi connectivity index (χ1) is 12.8. The molecule has 8 nitrogen and oxygen atoms in total. The molecule has 1 N–H and O–H groups in total. The third kappa shape index (κ3) is 4.09. The van der Waals surface area contributed by atoms with Crippen molar-refractivity contribution in [1.82, 2.24) is 29.6 Å². The molecule has 0 saturated heterocycles. The number of aromatic nitrogens is 5. The van der Waals surface area contributed by atoms with Crippen molar-refractivity contribution in [2.24, 2.45) is 5.92 Å². The van der Waals surface area contributed by atoms with Crippen LogP contribution in [0, 0.1) is 26.7 Å². The van der Waals surface area contributed by atoms with Crippen molar-refractivity contribution in [3.05, 3.63) is 39.1 Å². The van der Waals surface area contributed by atoms with Gasteiger partial charge in [0, 0.05) is 24.4 Å². The highest BCUT2D eigenvalue weighted by atomic mass is 16.2. The summed E-state index contributed by atoms with van der Waals surface area (Å²) in [5.41, 5.74) is 2.07. The van der Waals surface area contributed by atoms with Crippen LogP contribution in [-0.4, -0.2) is 42.1 Å². The fraction of sp³-hybridized carbons (Fsp3) is 0.632. The van der Waals surface area contributed by atoms with Crippen molar-refractivity contribution in [2.75, 3.05) is 6.54 Å². The van der Waals surface area contributed by atoms with Crippen molar-refractivity contribution >= 4 is 5.91 Å². The lowest BCUT2D eigenvalue weighted by atomic mass is 10.0. The minimum Gasteiger partial charge on any atom is -0.333 e. The summed E-state index contributed by atoms with van der Waals surface area (Å²) in [4.78, 5) is 32.9. The van der Waals surface area contributed by atoms with E-state index in [4.69, 9.17) is 0 Å². The van der Waals surface area contributed by atoms with Crippen molar-refractivity contribution in [2.45, 2.75) is 66.5 Å². The Kier molecular flexibility index (Phi) is 5.43. The van der Waals surface area contributed by atoms with Gasteiger partial charge in [0.25, 0.3) is 0 Å². The van der Waals surface area contributed by atoms with Gasteiger partial charge in [0.15, 0.2) is 5.82 Å². The molecule has 2 aromatic heterocycles. The summed E-state index contributed by atoms with van der Waals surface area (Å²) in [6.07, 6.45) is 1.94. The number of fused-ring (bicyclic) bond motifs is 1. The predicted octanol–water partition coefficient (Wildman–Crippen LogP) is 1.85. The van der Waals surface area contributed by atoms with Gasteiger partial charge >= 0.3 is 5.69 Å². The highest BCUT2D eigenvalue weighted by Gasteiger charge is 2.30. The van der Waals surface area contributed by atoms with Gasteiger partial charge in [-0.05, 0) is 45.1 Å². The SMILES string of the molecule is Cc1nc(=O)[nH]c(C)c1CCC(=O)N1Cc2nnc(C)n2[C@@H](CC(C)C)C1. The quantitative estimate of drug-likeness (QED) is 0.864. The lowest BCUT2D eigenvalue weighted by molar-refractivity contribution is -0.133. The molecule has 0 fully saturated rings. The number of hydrogen-bond acceptors (Lipinski definition) is 5. The number of carbonyl (C=O) groups excluding carboxylic acids is 1. The fourth-order valence-corrected chi connectivity index (χ4v) is 3.99. The molecule has 27 heavy (non-hydrogen) atoms. The molecule has 1 atom stereocenters. The maximum absolute atomic E-state index is 12.9. The molecule has 1 aliphatic heterocycles. The number of hydrogen-bond donors (Lipinski definition) is 1. The number of rotatable bonds is 5. The van der Waals surface area contributed by atoms with Crippen molar-refractivity contribution in [3.63, 3.8) is 0 Å². The van der Waals surface area contributed by atoms with Crippen LogP contribution in [0.25, 0.3) is 0 Å². The van der Waals surface area contributed by atoms with Gasteiger partial charge in [-0.2, -0.15) is 4.98 Å². The fourth-order valence-electron chi connectivity index (χ4n) is 3.99. The van der Waals surface area contributed by atoms with E-state index in [1.807, 2.05) is 25.7 Å². The first-order valence-corrected chi connectivity index (χ1v) is 9.50. The lowest BCUT2D eigenvalue weighted by Gasteiger charge is -2.35. The second-order valence-electron chi connectivity index (χ2n) is 7.82. The Balaban J connectivity index is 1.73. The smallest absolute Gasteiger partial charge is 0.333 e. The normalized spacial score (nSPS) is 16.7. The summed E-state index contributed by atoms with van der Waals surface area (Å²) in [7, 11) is 0. The van der Waals surface area contributed by atoms with Gasteiger partial charge < -0.3 is 14.5 Å². The van der Waals surface area contributed by atoms with E-state index in [-0.39, 0.29) is 17.6 Å². The van der Waals surface area contributed by atoms with Crippen LogP contribution in [0.1, 0.15) is 61.3 Å². The Morgan fingerprint density at radius 1 is 1.26 bits per heavy atom. The van der Waals surface area contributed by atoms with Crippen LogP contribution in [0.4, 0.5) is 0 Å². The van der Waals surface area contributed by atoms with E-state index >= 15 is 0 Å². The number of aryl methyl sites for hydroxylation is 3. The molecule has 0 spiro atoms. The zero-order chi connectivity index (χ0) is 19.7. The van der Waals surface area contributed by atoms with E-state index in [0.29, 0.717) is 37.5 Å². The summed E-state index contributed by atoms with van der Waals surface area (Å²) in [5.74, 6) is 2.39. The van der Waals surface area contributed by atoms with Gasteiger partial charge in [0.05, 0.1) is 12.6 Å². The zero-order valence-electron chi connectivity index (χ0n) is 16.7. The molecule has 0 bridgehead atoms. The van der Waals surface area contributed by atoms with Gasteiger partial charge in [0.2, 0.25) is 5.91 Å². The van der Waals surface area contributed by atoms with Crippen LogP contribution in [0.3, 0.4) is 0 Å². The van der Waals surface area contributed by atoms with Crippen molar-refractivity contribution < 1.29 is 4.79 Å². The maximum atomic E-state index is 12.9. The Labute approximate surface area is 159 Å². The highest BCUT2D eigenvalue weighted by Crippen LogP contribution is 2.27. The number of carbonyl (C=O) groups is 1. The summed E-state index contributed by atoms with van der Waals surface area (Å²) >= 11 is 0. The minimum atomic E-state index is -0.345. The minimum absolute atomic E-state index is 0.0978. The third-order valence-electron chi connectivity index (χ3n) is 5.20. The van der Waals surface area contributed by atoms with Crippen LogP contribution >= 0.6 is 0 Å². The Morgan fingerprint density at radius 3 is 2.67 bits per heavy atom. The van der Waals surface area contributed by atoms with E-state index in [2.05, 4.69) is 38.6 Å². The number of H-pyrrole nitrogens is 1. The van der Waals surface area contributed by atoms with E-state index in [1.165, 1.54) is 0 Å². The second-order valence-corrected chi connectivity index (χ2v) is 7.82. The summed E-state index contributed by atoms with van der Waals surface area (Å²) in [5, 5.41) is 8.48. The third-order valence-corrected chi connectivity index (χ3v) is 5.20. The van der Waals surface area contributed by atoms with E-state index in [9.17, 15) is 9.59 Å². The predicted molar refractivity (Wildman–Crippen MR) is 101 cm³/mol. The molecule has 0 aliphatic carbocycles. The van der Waals surface area contributed by atoms with Crippen LogP contribution in [0.15, 0.2) is 4.79 Å². The van der Waals surface area contributed by atoms with Gasteiger partial charge in [-0.25, -0.2) is 4.79 Å². The van der Waals surface area contributed by atoms with Crippen LogP contribution in [-0.2, 0) is 17.8 Å². The average Bonchev–Trinajstić information content (AvgIpc) is 2.94. The molecule has 8 heteroatoms. The number of nitrogens with zero attached hydrogens (tertiary/aromatic N) is 5. The van der Waals surface area contributed by atoms with Crippen molar-refractivity contribution in [3.8, 4) is 0 Å². The highest BCUT2D eigenvalue weighted by molar-refractivity contribution is 5.76. The van der Waals surface area contributed by atoms with Gasteiger partial charge in [0.1, 0.15) is 5.82 Å². The molecule has 3 heterocycles. The molecule has 0 radical (unpaired) electrons. The Hall–Kier alpha value is -2.51. The first kappa shape index (κ1) is 19.3. The standard InChI is InChI=1S/C19H28N6O2/c1-11(2)8-15-9-24(10-17-23-22-14(5)25(15)17)18(26)7-6-16-12(3)20-19(27)21-13(16)4/h11,15H,6-10H2,1-5H3,(H,20,21,27)/t15-/m0/s1. The topological polar surface area (TPSA) is 96.8 Å². The molecule has 1 amide bonds. The van der Waals surface area contributed by atoms with E-state index in [0.717, 1.165) is 29.3 Å². The number of amides is 1. The lowest BCUT2D eigenvalue weighted by Crippen LogP contribution is -2.42. The molecule has 3 rings (SSSR count). The average molecular weight is 372 g/mol. The summed E-state index contributed by atoms with van der Waals surface area (Å²) < 4.78 is 2.18. The van der Waals surface area contributed by atoms with E-state index < -0.39 is 0 Å². The molecule has 0 aromatic carbocycles. The molecule has 0 unspecified atom stereocenters. The monoisotopic (exact) mass is 372 g/mol. The molecular weight excluding hydrogens is 344 g/mol. The number of aromatic amines is 1. The van der Waals surface area contributed by atoms with Gasteiger partial charge in [-0.15, -0.1) is 10.2 Å². The van der Waals surface area contributed by atoms with Crippen molar-refractivity contribution in [1.29, 1.82) is 0 Å². The van der Waals surface area contributed by atoms with Crippen LogP contribution in [0.5, 0.6) is 0 Å². The van der Waals surface area contributed by atoms with Gasteiger partial charge in [-0.1, -0.05) is 13.8 Å². The molecule has 1 aliphatic rings. The van der Waals surface area contributed by atoms with E-state index in [1.54, 1.807) is 0 Å². The Morgan fingerprint density at radius 2 is 2.00 bits per heavy atom. The summed E-state index contributed by atoms with van der Waals surface area (Å²) in [6, 6.07) is 0.214. The summed E-state index contributed by atoms with van der Waals surface area (Å²) in [6.45, 7) is 11.2. The Bertz CT molecular complexity index is 872. The molecular formula is C19H28N6O2. The molecule has 2 aromatic rings. The number of nitrogens with one attached hydrogen (secondary N) is 1. The zero-order valence-corrected chi connectivity index (χ0v) is 16.7. The second kappa shape index (κ2) is 7.62. The largest absolute Gasteiger partial charge is 0.345 e. The van der Waals surface area contributed by atoms with Gasteiger partial charge in [-0.3, -0.25) is 4.79 Å². The van der Waals surface area contributed by atoms with Crippen LogP contribution in [0.2, 0.25) is 0 Å². The first-order valence-electron chi connectivity index (χ1n) is 9.50. The molecule has 0 saturated carbocycles. The molecule has 146 valence electrons. The van der Waals surface area contributed by atoms with Crippen LogP contribution < -0.4 is 5.69 Å². The maximum Gasteiger partial charge on any atom is 0.345 e.